The van der Waals surface area contributed by atoms with Crippen molar-refractivity contribution in [3.63, 3.8) is 0 Å². The maximum absolute atomic E-state index is 5.49. The van der Waals surface area contributed by atoms with Crippen LogP contribution in [0.2, 0.25) is 0 Å². The molecule has 0 saturated heterocycles. The van der Waals surface area contributed by atoms with Crippen molar-refractivity contribution in [3.05, 3.63) is 46.4 Å². The van der Waals surface area contributed by atoms with Gasteiger partial charge in [0.05, 0.1) is 11.1 Å². The molecule has 0 fully saturated rings. The van der Waals surface area contributed by atoms with Crippen molar-refractivity contribution in [3.8, 4) is 17.2 Å². The van der Waals surface area contributed by atoms with Crippen LogP contribution in [0, 0.1) is 0 Å². The van der Waals surface area contributed by atoms with E-state index < -0.39 is 0 Å². The number of fused-ring (bicyclic) bond motifs is 1. The van der Waals surface area contributed by atoms with Gasteiger partial charge in [-0.05, 0) is 52.7 Å². The van der Waals surface area contributed by atoms with E-state index in [4.69, 9.17) is 14.2 Å². The van der Waals surface area contributed by atoms with E-state index in [1.165, 1.54) is 0 Å². The van der Waals surface area contributed by atoms with E-state index in [0.717, 1.165) is 33.0 Å². The predicted octanol–water partition coefficient (Wildman–Crippen LogP) is 4.19. The molecule has 21 heavy (non-hydrogen) atoms. The molecule has 0 atom stereocenters. The summed E-state index contributed by atoms with van der Waals surface area (Å²) in [5.74, 6) is 2.43. The summed E-state index contributed by atoms with van der Waals surface area (Å²) in [4.78, 5) is 0. The monoisotopic (exact) mass is 349 g/mol. The molecule has 1 aliphatic rings. The van der Waals surface area contributed by atoms with Crippen molar-refractivity contribution in [1.82, 2.24) is 0 Å². The Balaban J connectivity index is 1.70. The number of hydrogen-bond acceptors (Lipinski definition) is 4. The maximum atomic E-state index is 5.49. The zero-order valence-electron chi connectivity index (χ0n) is 11.7. The summed E-state index contributed by atoms with van der Waals surface area (Å²) < 4.78 is 17.2. The fourth-order valence-electron chi connectivity index (χ4n) is 2.19. The lowest BCUT2D eigenvalue weighted by Gasteiger charge is -2.10. The highest BCUT2D eigenvalue weighted by Crippen LogP contribution is 2.40. The minimum absolute atomic E-state index is 0.279. The van der Waals surface area contributed by atoms with E-state index in [9.17, 15) is 0 Å². The molecule has 0 radical (unpaired) electrons. The molecule has 0 bridgehead atoms. The lowest BCUT2D eigenvalue weighted by Crippen LogP contribution is -2.00. The van der Waals surface area contributed by atoms with Gasteiger partial charge < -0.3 is 19.5 Å². The first-order valence-electron chi connectivity index (χ1n) is 6.81. The molecule has 2 aromatic carbocycles. The minimum atomic E-state index is 0.279. The SMILES string of the molecule is CCOc1cccc(NCc2cc(Br)c3c(c2)OCO3)c1. The van der Waals surface area contributed by atoms with Crippen LogP contribution in [0.4, 0.5) is 5.69 Å². The molecule has 1 aliphatic heterocycles. The largest absolute Gasteiger partial charge is 0.494 e. The van der Waals surface area contributed by atoms with Gasteiger partial charge in [0.1, 0.15) is 5.75 Å². The van der Waals surface area contributed by atoms with Gasteiger partial charge in [-0.15, -0.1) is 0 Å². The summed E-state index contributed by atoms with van der Waals surface area (Å²) in [7, 11) is 0. The Labute approximate surface area is 132 Å². The number of anilines is 1. The van der Waals surface area contributed by atoms with Crippen molar-refractivity contribution >= 4 is 21.6 Å². The molecular weight excluding hydrogens is 334 g/mol. The number of nitrogens with one attached hydrogen (secondary N) is 1. The average molecular weight is 350 g/mol. The van der Waals surface area contributed by atoms with Gasteiger partial charge in [-0.2, -0.15) is 0 Å². The van der Waals surface area contributed by atoms with E-state index in [1.54, 1.807) is 0 Å². The Hall–Kier alpha value is -1.88. The van der Waals surface area contributed by atoms with E-state index in [-0.39, 0.29) is 6.79 Å². The first-order chi connectivity index (χ1) is 10.3. The number of rotatable bonds is 5. The summed E-state index contributed by atoms with van der Waals surface area (Å²) in [6.07, 6.45) is 0. The third kappa shape index (κ3) is 3.24. The van der Waals surface area contributed by atoms with Gasteiger partial charge in [0.2, 0.25) is 6.79 Å². The number of halogens is 1. The van der Waals surface area contributed by atoms with Crippen LogP contribution in [-0.4, -0.2) is 13.4 Å². The Kier molecular flexibility index (Phi) is 4.20. The average Bonchev–Trinajstić information content (AvgIpc) is 2.95. The lowest BCUT2D eigenvalue weighted by molar-refractivity contribution is 0.173. The van der Waals surface area contributed by atoms with Gasteiger partial charge in [-0.3, -0.25) is 0 Å². The van der Waals surface area contributed by atoms with E-state index >= 15 is 0 Å². The molecule has 1 heterocycles. The summed E-state index contributed by atoms with van der Waals surface area (Å²) in [5, 5.41) is 3.38. The Morgan fingerprint density at radius 2 is 2.14 bits per heavy atom. The second-order valence-electron chi connectivity index (χ2n) is 4.63. The molecular formula is C16H16BrNO3. The quantitative estimate of drug-likeness (QED) is 0.878. The summed E-state index contributed by atoms with van der Waals surface area (Å²) in [6, 6.07) is 12.0. The smallest absolute Gasteiger partial charge is 0.231 e. The van der Waals surface area contributed by atoms with Gasteiger partial charge >= 0.3 is 0 Å². The van der Waals surface area contributed by atoms with Crippen LogP contribution in [0.3, 0.4) is 0 Å². The van der Waals surface area contributed by atoms with Crippen molar-refractivity contribution in [1.29, 1.82) is 0 Å². The van der Waals surface area contributed by atoms with Gasteiger partial charge in [-0.1, -0.05) is 6.07 Å². The van der Waals surface area contributed by atoms with Gasteiger partial charge in [0.25, 0.3) is 0 Å². The predicted molar refractivity (Wildman–Crippen MR) is 85.2 cm³/mol. The first kappa shape index (κ1) is 14.1. The summed E-state index contributed by atoms with van der Waals surface area (Å²) in [6.45, 7) is 3.62. The summed E-state index contributed by atoms with van der Waals surface area (Å²) >= 11 is 3.50. The van der Waals surface area contributed by atoms with Crippen LogP contribution in [-0.2, 0) is 6.54 Å². The molecule has 110 valence electrons. The van der Waals surface area contributed by atoms with Crippen LogP contribution in [0.15, 0.2) is 40.9 Å². The van der Waals surface area contributed by atoms with E-state index in [1.807, 2.05) is 43.3 Å². The molecule has 0 aliphatic carbocycles. The highest BCUT2D eigenvalue weighted by molar-refractivity contribution is 9.10. The Morgan fingerprint density at radius 1 is 1.24 bits per heavy atom. The molecule has 0 spiro atoms. The fourth-order valence-corrected chi connectivity index (χ4v) is 2.79. The zero-order chi connectivity index (χ0) is 14.7. The Bertz CT molecular complexity index is 645. The van der Waals surface area contributed by atoms with Crippen LogP contribution >= 0.6 is 15.9 Å². The molecule has 3 rings (SSSR count). The van der Waals surface area contributed by atoms with Crippen molar-refractivity contribution < 1.29 is 14.2 Å². The molecule has 1 N–H and O–H groups in total. The molecule has 5 heteroatoms. The fraction of sp³-hybridized carbons (Fsp3) is 0.250. The topological polar surface area (TPSA) is 39.7 Å². The number of ether oxygens (including phenoxy) is 3. The summed E-state index contributed by atoms with van der Waals surface area (Å²) in [5.41, 5.74) is 2.14. The minimum Gasteiger partial charge on any atom is -0.494 e. The number of benzene rings is 2. The molecule has 0 aromatic heterocycles. The molecule has 4 nitrogen and oxygen atoms in total. The van der Waals surface area contributed by atoms with Crippen molar-refractivity contribution in [2.75, 3.05) is 18.7 Å². The second-order valence-corrected chi connectivity index (χ2v) is 5.48. The molecule has 2 aromatic rings. The number of hydrogen-bond donors (Lipinski definition) is 1. The zero-order valence-corrected chi connectivity index (χ0v) is 13.3. The molecule has 0 saturated carbocycles. The van der Waals surface area contributed by atoms with Crippen LogP contribution in [0.5, 0.6) is 17.2 Å². The lowest BCUT2D eigenvalue weighted by atomic mass is 10.2. The third-order valence-corrected chi connectivity index (χ3v) is 3.72. The van der Waals surface area contributed by atoms with Gasteiger partial charge in [0, 0.05) is 18.3 Å². The van der Waals surface area contributed by atoms with Crippen LogP contribution in [0.25, 0.3) is 0 Å². The second kappa shape index (κ2) is 6.26. The Morgan fingerprint density at radius 3 is 3.00 bits per heavy atom. The molecule has 0 unspecified atom stereocenters. The van der Waals surface area contributed by atoms with Gasteiger partial charge in [-0.25, -0.2) is 0 Å². The first-order valence-corrected chi connectivity index (χ1v) is 7.60. The van der Waals surface area contributed by atoms with E-state index in [2.05, 4.69) is 21.2 Å². The molecule has 0 amide bonds. The maximum Gasteiger partial charge on any atom is 0.231 e. The highest BCUT2D eigenvalue weighted by Gasteiger charge is 2.17. The van der Waals surface area contributed by atoms with E-state index in [0.29, 0.717) is 13.2 Å². The van der Waals surface area contributed by atoms with Crippen LogP contribution in [0.1, 0.15) is 12.5 Å². The third-order valence-electron chi connectivity index (χ3n) is 3.13. The standard InChI is InChI=1S/C16H16BrNO3/c1-2-19-13-5-3-4-12(8-13)18-9-11-6-14(17)16-15(7-11)20-10-21-16/h3-8,18H,2,9-10H2,1H3. The highest BCUT2D eigenvalue weighted by atomic mass is 79.9. The van der Waals surface area contributed by atoms with Crippen LogP contribution < -0.4 is 19.5 Å². The normalized spacial score (nSPS) is 12.3. The van der Waals surface area contributed by atoms with Gasteiger partial charge in [0.15, 0.2) is 11.5 Å². The van der Waals surface area contributed by atoms with Crippen molar-refractivity contribution in [2.45, 2.75) is 13.5 Å². The van der Waals surface area contributed by atoms with Crippen molar-refractivity contribution in [2.24, 2.45) is 0 Å².